The lowest BCUT2D eigenvalue weighted by Gasteiger charge is -2.40. The van der Waals surface area contributed by atoms with E-state index in [2.05, 4.69) is 5.32 Å². The maximum Gasteiger partial charge on any atom is 0.259 e. The van der Waals surface area contributed by atoms with E-state index in [0.29, 0.717) is 23.5 Å². The number of hydrogen-bond acceptors (Lipinski definition) is 5. The van der Waals surface area contributed by atoms with Crippen LogP contribution < -0.4 is 10.1 Å². The van der Waals surface area contributed by atoms with Gasteiger partial charge in [-0.1, -0.05) is 54.6 Å². The first kappa shape index (κ1) is 22.5. The van der Waals surface area contributed by atoms with Crippen LogP contribution >= 0.6 is 0 Å². The number of anilines is 1. The van der Waals surface area contributed by atoms with Crippen LogP contribution in [0.2, 0.25) is 0 Å². The Bertz CT molecular complexity index is 1100. The summed E-state index contributed by atoms with van der Waals surface area (Å²) in [6, 6.07) is 23.4. The van der Waals surface area contributed by atoms with Gasteiger partial charge in [-0.15, -0.1) is 0 Å². The molecule has 0 aliphatic carbocycles. The molecule has 33 heavy (non-hydrogen) atoms. The number of aliphatic hydroxyl groups excluding tert-OH is 1. The van der Waals surface area contributed by atoms with E-state index in [0.717, 1.165) is 11.1 Å². The maximum atomic E-state index is 12.6. The van der Waals surface area contributed by atoms with Gasteiger partial charge in [0.05, 0.1) is 25.3 Å². The zero-order chi connectivity index (χ0) is 23.2. The predicted octanol–water partition coefficient (Wildman–Crippen LogP) is 3.41. The van der Waals surface area contributed by atoms with Crippen molar-refractivity contribution >= 4 is 17.5 Å². The van der Waals surface area contributed by atoms with E-state index in [9.17, 15) is 14.7 Å². The topological polar surface area (TPSA) is 88.1 Å². The molecule has 2 N–H and O–H groups in total. The second-order valence-corrected chi connectivity index (χ2v) is 7.77. The Morgan fingerprint density at radius 2 is 1.76 bits per heavy atom. The summed E-state index contributed by atoms with van der Waals surface area (Å²) in [5.74, 6) is 0.0630. The van der Waals surface area contributed by atoms with E-state index in [-0.39, 0.29) is 25.0 Å². The number of benzene rings is 3. The third-order valence-corrected chi connectivity index (χ3v) is 5.69. The van der Waals surface area contributed by atoms with Crippen molar-refractivity contribution in [1.82, 2.24) is 4.90 Å². The minimum Gasteiger partial charge on any atom is -0.496 e. The van der Waals surface area contributed by atoms with Crippen LogP contribution in [0.5, 0.6) is 5.75 Å². The van der Waals surface area contributed by atoms with Crippen molar-refractivity contribution in [2.45, 2.75) is 18.7 Å². The highest BCUT2D eigenvalue weighted by Crippen LogP contribution is 2.31. The van der Waals surface area contributed by atoms with Crippen LogP contribution in [0.3, 0.4) is 0 Å². The summed E-state index contributed by atoms with van der Waals surface area (Å²) in [4.78, 5) is 26.8. The number of methoxy groups -OCH3 is 1. The molecule has 1 aliphatic heterocycles. The van der Waals surface area contributed by atoms with Crippen molar-refractivity contribution in [3.63, 3.8) is 0 Å². The molecular formula is C26H26N2O5. The van der Waals surface area contributed by atoms with Gasteiger partial charge in [0.25, 0.3) is 5.91 Å². The van der Waals surface area contributed by atoms with Gasteiger partial charge >= 0.3 is 0 Å². The van der Waals surface area contributed by atoms with E-state index < -0.39 is 12.1 Å². The summed E-state index contributed by atoms with van der Waals surface area (Å²) < 4.78 is 11.1. The summed E-state index contributed by atoms with van der Waals surface area (Å²) in [7, 11) is 1.52. The lowest BCUT2D eigenvalue weighted by molar-refractivity contribution is -0.162. The highest BCUT2D eigenvalue weighted by atomic mass is 16.5. The number of aliphatic hydroxyl groups is 1. The van der Waals surface area contributed by atoms with Crippen molar-refractivity contribution < 1.29 is 24.2 Å². The lowest BCUT2D eigenvalue weighted by Crippen LogP contribution is -2.52. The molecule has 4 rings (SSSR count). The molecule has 170 valence electrons. The van der Waals surface area contributed by atoms with Crippen LogP contribution in [0.1, 0.15) is 27.6 Å². The van der Waals surface area contributed by atoms with Crippen LogP contribution in [0.15, 0.2) is 78.9 Å². The molecule has 1 heterocycles. The predicted molar refractivity (Wildman–Crippen MR) is 124 cm³/mol. The number of nitrogens with zero attached hydrogens (tertiary/aromatic N) is 1. The molecule has 2 atom stereocenters. The quantitative estimate of drug-likeness (QED) is 0.581. The minimum absolute atomic E-state index is 0.0553. The van der Waals surface area contributed by atoms with Crippen molar-refractivity contribution in [2.75, 3.05) is 25.6 Å². The summed E-state index contributed by atoms with van der Waals surface area (Å²) in [6.45, 7) is 0.119. The Hall–Kier alpha value is -3.68. The number of carbonyl (C=O) groups excluding carboxylic acids is 2. The van der Waals surface area contributed by atoms with Gasteiger partial charge in [-0.3, -0.25) is 9.59 Å². The SMILES string of the molecule is COc1ccccc1C(=O)Nc1ccc([C@H]2OCC(=O)N(Cc3ccccc3)[C@@H]2CO)cc1. The van der Waals surface area contributed by atoms with Gasteiger partial charge in [0, 0.05) is 12.2 Å². The highest BCUT2D eigenvalue weighted by molar-refractivity contribution is 6.06. The molecule has 0 aromatic heterocycles. The van der Waals surface area contributed by atoms with Gasteiger partial charge in [0.1, 0.15) is 18.5 Å². The second kappa shape index (κ2) is 10.3. The standard InChI is InChI=1S/C26H26N2O5/c1-32-23-10-6-5-9-21(23)26(31)27-20-13-11-19(12-14-20)25-22(16-29)28(24(30)17-33-25)15-18-7-3-2-4-8-18/h2-14,22,25,29H,15-17H2,1H3,(H,27,31)/t22-,25-/m1/s1. The number of amides is 2. The van der Waals surface area contributed by atoms with Crippen LogP contribution in [0, 0.1) is 0 Å². The third-order valence-electron chi connectivity index (χ3n) is 5.69. The second-order valence-electron chi connectivity index (χ2n) is 7.77. The average molecular weight is 447 g/mol. The molecule has 7 nitrogen and oxygen atoms in total. The Morgan fingerprint density at radius 3 is 2.45 bits per heavy atom. The van der Waals surface area contributed by atoms with Gasteiger partial charge in [-0.25, -0.2) is 0 Å². The average Bonchev–Trinajstić information content (AvgIpc) is 2.86. The van der Waals surface area contributed by atoms with Gasteiger partial charge in [0.15, 0.2) is 0 Å². The first-order valence-electron chi connectivity index (χ1n) is 10.7. The van der Waals surface area contributed by atoms with Crippen molar-refractivity contribution in [2.24, 2.45) is 0 Å². The molecule has 0 bridgehead atoms. The molecule has 2 amide bonds. The maximum absolute atomic E-state index is 12.6. The van der Waals surface area contributed by atoms with Gasteiger partial charge in [0.2, 0.25) is 5.91 Å². The Labute approximate surface area is 192 Å². The Morgan fingerprint density at radius 1 is 1.06 bits per heavy atom. The Kier molecular flexibility index (Phi) is 7.02. The van der Waals surface area contributed by atoms with E-state index in [4.69, 9.17) is 9.47 Å². The molecule has 0 saturated carbocycles. The normalized spacial score (nSPS) is 18.1. The molecule has 1 aliphatic rings. The van der Waals surface area contributed by atoms with Crippen LogP contribution in [0.4, 0.5) is 5.69 Å². The number of carbonyl (C=O) groups is 2. The smallest absolute Gasteiger partial charge is 0.259 e. The van der Waals surface area contributed by atoms with Gasteiger partial charge in [-0.2, -0.15) is 0 Å². The molecule has 3 aromatic carbocycles. The first-order valence-corrected chi connectivity index (χ1v) is 10.7. The molecule has 1 saturated heterocycles. The fraction of sp³-hybridized carbons (Fsp3) is 0.231. The molecule has 7 heteroatoms. The molecule has 0 radical (unpaired) electrons. The highest BCUT2D eigenvalue weighted by Gasteiger charge is 2.37. The fourth-order valence-corrected chi connectivity index (χ4v) is 3.99. The lowest BCUT2D eigenvalue weighted by atomic mass is 9.98. The summed E-state index contributed by atoms with van der Waals surface area (Å²) in [5.41, 5.74) is 2.85. The van der Waals surface area contributed by atoms with Crippen molar-refractivity contribution in [3.8, 4) is 5.75 Å². The zero-order valence-corrected chi connectivity index (χ0v) is 18.3. The summed E-state index contributed by atoms with van der Waals surface area (Å²) >= 11 is 0. The van der Waals surface area contributed by atoms with E-state index in [1.807, 2.05) is 42.5 Å². The fourth-order valence-electron chi connectivity index (χ4n) is 3.99. The summed E-state index contributed by atoms with van der Waals surface area (Å²) in [5, 5.41) is 13.0. The first-order chi connectivity index (χ1) is 16.1. The number of nitrogens with one attached hydrogen (secondary N) is 1. The van der Waals surface area contributed by atoms with E-state index in [1.54, 1.807) is 41.3 Å². The molecule has 0 spiro atoms. The third kappa shape index (κ3) is 5.05. The van der Waals surface area contributed by atoms with Gasteiger partial charge in [-0.05, 0) is 35.4 Å². The van der Waals surface area contributed by atoms with Crippen LogP contribution in [-0.4, -0.2) is 48.2 Å². The molecule has 1 fully saturated rings. The summed E-state index contributed by atoms with van der Waals surface area (Å²) in [6.07, 6.45) is -0.476. The number of hydrogen-bond donors (Lipinski definition) is 2. The molecule has 0 unspecified atom stereocenters. The molecular weight excluding hydrogens is 420 g/mol. The monoisotopic (exact) mass is 446 g/mol. The van der Waals surface area contributed by atoms with Crippen LogP contribution in [-0.2, 0) is 16.1 Å². The zero-order valence-electron chi connectivity index (χ0n) is 18.3. The number of ether oxygens (including phenoxy) is 2. The molecule has 3 aromatic rings. The van der Waals surface area contributed by atoms with Crippen molar-refractivity contribution in [3.05, 3.63) is 95.6 Å². The van der Waals surface area contributed by atoms with E-state index >= 15 is 0 Å². The van der Waals surface area contributed by atoms with Crippen LogP contribution in [0.25, 0.3) is 0 Å². The number of para-hydroxylation sites is 1. The minimum atomic E-state index is -0.513. The number of rotatable bonds is 7. The van der Waals surface area contributed by atoms with Crippen molar-refractivity contribution in [1.29, 1.82) is 0 Å². The van der Waals surface area contributed by atoms with Gasteiger partial charge < -0.3 is 24.8 Å². The van der Waals surface area contributed by atoms with E-state index in [1.165, 1.54) is 7.11 Å². The largest absolute Gasteiger partial charge is 0.496 e. The Balaban J connectivity index is 1.49. The number of morpholine rings is 1.